The molecule has 0 saturated heterocycles. The van der Waals surface area contributed by atoms with E-state index in [-0.39, 0.29) is 6.10 Å². The number of aliphatic hydroxyl groups is 1. The second-order valence-electron chi connectivity index (χ2n) is 3.87. The topological polar surface area (TPSA) is 55.2 Å². The molecular formula is C11H16N2O2. The number of aliphatic hydroxyl groups excluding tert-OH is 1. The largest absolute Gasteiger partial charge is 0.386 e. The molecule has 4 nitrogen and oxygen atoms in total. The van der Waals surface area contributed by atoms with E-state index in [2.05, 4.69) is 9.97 Å². The van der Waals surface area contributed by atoms with Gasteiger partial charge in [-0.1, -0.05) is 0 Å². The first-order valence-electron chi connectivity index (χ1n) is 5.37. The minimum absolute atomic E-state index is 0.0963. The summed E-state index contributed by atoms with van der Waals surface area (Å²) in [5, 5.41) is 10.1. The summed E-state index contributed by atoms with van der Waals surface area (Å²) >= 11 is 0. The fourth-order valence-corrected chi connectivity index (χ4v) is 1.76. The van der Waals surface area contributed by atoms with Gasteiger partial charge in [0, 0.05) is 24.6 Å². The maximum Gasteiger partial charge on any atom is 0.115 e. The summed E-state index contributed by atoms with van der Waals surface area (Å²) in [6, 6.07) is 0. The van der Waals surface area contributed by atoms with Gasteiger partial charge in [-0.2, -0.15) is 0 Å². The zero-order valence-electron chi connectivity index (χ0n) is 8.84. The molecule has 0 spiro atoms. The van der Waals surface area contributed by atoms with Crippen LogP contribution in [0.1, 0.15) is 31.4 Å². The molecule has 2 atom stereocenters. The van der Waals surface area contributed by atoms with Gasteiger partial charge < -0.3 is 9.84 Å². The molecule has 0 amide bonds. The molecule has 1 saturated carbocycles. The van der Waals surface area contributed by atoms with Crippen LogP contribution in [0.4, 0.5) is 0 Å². The van der Waals surface area contributed by atoms with Crippen molar-refractivity contribution in [3.8, 4) is 0 Å². The Labute approximate surface area is 89.3 Å². The smallest absolute Gasteiger partial charge is 0.115 e. The minimum atomic E-state index is -0.598. The zero-order valence-corrected chi connectivity index (χ0v) is 8.84. The predicted molar refractivity (Wildman–Crippen MR) is 55.1 cm³/mol. The summed E-state index contributed by atoms with van der Waals surface area (Å²) in [5.41, 5.74) is 0.739. The van der Waals surface area contributed by atoms with E-state index in [1.54, 1.807) is 12.4 Å². The standard InChI is InChI=1S/C11H16N2O2/c1-2-15-11(8-3-4-8)10(14)9-5-12-7-13-6-9/h5-8,10-11,14H,2-4H2,1H3. The number of aromatic nitrogens is 2. The third-order valence-corrected chi connectivity index (χ3v) is 2.68. The van der Waals surface area contributed by atoms with E-state index in [4.69, 9.17) is 4.74 Å². The Bertz CT molecular complexity index is 301. The molecule has 1 heterocycles. The van der Waals surface area contributed by atoms with Crippen LogP contribution in [0.15, 0.2) is 18.7 Å². The molecule has 4 heteroatoms. The molecule has 1 fully saturated rings. The molecule has 1 aromatic heterocycles. The van der Waals surface area contributed by atoms with Crippen molar-refractivity contribution < 1.29 is 9.84 Å². The average Bonchev–Trinajstić information content (AvgIpc) is 3.10. The molecule has 1 aromatic rings. The summed E-state index contributed by atoms with van der Waals surface area (Å²) < 4.78 is 5.58. The second-order valence-corrected chi connectivity index (χ2v) is 3.87. The highest BCUT2D eigenvalue weighted by Crippen LogP contribution is 2.39. The van der Waals surface area contributed by atoms with E-state index in [0.29, 0.717) is 12.5 Å². The maximum atomic E-state index is 10.1. The molecule has 0 bridgehead atoms. The lowest BCUT2D eigenvalue weighted by Crippen LogP contribution is -2.24. The number of hydrogen-bond donors (Lipinski definition) is 1. The molecule has 82 valence electrons. The Hall–Kier alpha value is -1.00. The van der Waals surface area contributed by atoms with Crippen LogP contribution in [0, 0.1) is 5.92 Å². The van der Waals surface area contributed by atoms with Crippen LogP contribution in [-0.2, 0) is 4.74 Å². The molecular weight excluding hydrogens is 192 g/mol. The van der Waals surface area contributed by atoms with Crippen molar-refractivity contribution in [3.63, 3.8) is 0 Å². The Kier molecular flexibility index (Phi) is 3.28. The lowest BCUT2D eigenvalue weighted by atomic mass is 10.0. The van der Waals surface area contributed by atoms with Crippen molar-refractivity contribution in [3.05, 3.63) is 24.3 Å². The van der Waals surface area contributed by atoms with Crippen LogP contribution in [0.3, 0.4) is 0 Å². The van der Waals surface area contributed by atoms with E-state index in [1.165, 1.54) is 6.33 Å². The van der Waals surface area contributed by atoms with Crippen LogP contribution in [0.5, 0.6) is 0 Å². The quantitative estimate of drug-likeness (QED) is 0.793. The van der Waals surface area contributed by atoms with Crippen LogP contribution in [0.25, 0.3) is 0 Å². The number of rotatable bonds is 5. The van der Waals surface area contributed by atoms with Gasteiger partial charge >= 0.3 is 0 Å². The summed E-state index contributed by atoms with van der Waals surface area (Å²) in [6.07, 6.45) is 6.35. The van der Waals surface area contributed by atoms with E-state index in [9.17, 15) is 5.11 Å². The predicted octanol–water partition coefficient (Wildman–Crippen LogP) is 1.33. The molecule has 1 aliphatic rings. The Morgan fingerprint density at radius 3 is 2.67 bits per heavy atom. The van der Waals surface area contributed by atoms with Crippen molar-refractivity contribution in [2.45, 2.75) is 32.0 Å². The average molecular weight is 208 g/mol. The van der Waals surface area contributed by atoms with E-state index in [1.807, 2.05) is 6.92 Å². The van der Waals surface area contributed by atoms with Gasteiger partial charge in [-0.05, 0) is 25.7 Å². The Morgan fingerprint density at radius 2 is 2.13 bits per heavy atom. The van der Waals surface area contributed by atoms with Gasteiger partial charge in [0.25, 0.3) is 0 Å². The number of ether oxygens (including phenoxy) is 1. The van der Waals surface area contributed by atoms with Gasteiger partial charge in [-0.15, -0.1) is 0 Å². The molecule has 0 aliphatic heterocycles. The van der Waals surface area contributed by atoms with E-state index in [0.717, 1.165) is 18.4 Å². The molecule has 1 aliphatic carbocycles. The normalized spacial score (nSPS) is 19.9. The molecule has 2 rings (SSSR count). The Morgan fingerprint density at radius 1 is 1.47 bits per heavy atom. The first kappa shape index (κ1) is 10.5. The van der Waals surface area contributed by atoms with Crippen molar-refractivity contribution in [1.82, 2.24) is 9.97 Å². The highest BCUT2D eigenvalue weighted by molar-refractivity contribution is 5.10. The van der Waals surface area contributed by atoms with E-state index >= 15 is 0 Å². The fourth-order valence-electron chi connectivity index (χ4n) is 1.76. The third kappa shape index (κ3) is 2.52. The summed E-state index contributed by atoms with van der Waals surface area (Å²) in [7, 11) is 0. The lowest BCUT2D eigenvalue weighted by molar-refractivity contribution is -0.0464. The summed E-state index contributed by atoms with van der Waals surface area (Å²) in [6.45, 7) is 2.58. The van der Waals surface area contributed by atoms with Crippen LogP contribution < -0.4 is 0 Å². The Balaban J connectivity index is 2.07. The first-order chi connectivity index (χ1) is 7.33. The SMILES string of the molecule is CCOC(C1CC1)C(O)c1cncnc1. The van der Waals surface area contributed by atoms with Crippen LogP contribution in [-0.4, -0.2) is 27.8 Å². The monoisotopic (exact) mass is 208 g/mol. The first-order valence-corrected chi connectivity index (χ1v) is 5.37. The highest BCUT2D eigenvalue weighted by Gasteiger charge is 2.37. The van der Waals surface area contributed by atoms with Crippen molar-refractivity contribution in [2.75, 3.05) is 6.61 Å². The van der Waals surface area contributed by atoms with Gasteiger partial charge in [0.05, 0.1) is 6.10 Å². The molecule has 0 radical (unpaired) electrons. The molecule has 15 heavy (non-hydrogen) atoms. The van der Waals surface area contributed by atoms with Gasteiger partial charge in [0.2, 0.25) is 0 Å². The van der Waals surface area contributed by atoms with Crippen molar-refractivity contribution in [1.29, 1.82) is 0 Å². The van der Waals surface area contributed by atoms with Gasteiger partial charge in [0.1, 0.15) is 12.4 Å². The van der Waals surface area contributed by atoms with Gasteiger partial charge in [0.15, 0.2) is 0 Å². The summed E-state index contributed by atoms with van der Waals surface area (Å²) in [5.74, 6) is 0.500. The van der Waals surface area contributed by atoms with Crippen LogP contribution >= 0.6 is 0 Å². The lowest BCUT2D eigenvalue weighted by Gasteiger charge is -2.22. The van der Waals surface area contributed by atoms with Gasteiger partial charge in [-0.3, -0.25) is 0 Å². The minimum Gasteiger partial charge on any atom is -0.386 e. The molecule has 0 aromatic carbocycles. The fraction of sp³-hybridized carbons (Fsp3) is 0.636. The van der Waals surface area contributed by atoms with Gasteiger partial charge in [-0.25, -0.2) is 9.97 Å². The highest BCUT2D eigenvalue weighted by atomic mass is 16.5. The maximum absolute atomic E-state index is 10.1. The zero-order chi connectivity index (χ0) is 10.7. The van der Waals surface area contributed by atoms with E-state index < -0.39 is 6.10 Å². The molecule has 2 unspecified atom stereocenters. The van der Waals surface area contributed by atoms with Crippen molar-refractivity contribution >= 4 is 0 Å². The summed E-state index contributed by atoms with van der Waals surface area (Å²) in [4.78, 5) is 7.80. The number of hydrogen-bond acceptors (Lipinski definition) is 4. The third-order valence-electron chi connectivity index (χ3n) is 2.68. The second kappa shape index (κ2) is 4.68. The number of nitrogens with zero attached hydrogens (tertiary/aromatic N) is 2. The van der Waals surface area contributed by atoms with Crippen molar-refractivity contribution in [2.24, 2.45) is 5.92 Å². The molecule has 1 N–H and O–H groups in total. The van der Waals surface area contributed by atoms with Crippen LogP contribution in [0.2, 0.25) is 0 Å².